The van der Waals surface area contributed by atoms with Gasteiger partial charge in [0.25, 0.3) is 0 Å². The van der Waals surface area contributed by atoms with Gasteiger partial charge in [-0.2, -0.15) is 0 Å². The molecule has 1 aromatic heterocycles. The number of ether oxygens (including phenoxy) is 1. The van der Waals surface area contributed by atoms with Gasteiger partial charge < -0.3 is 9.30 Å². The van der Waals surface area contributed by atoms with E-state index in [1.165, 1.54) is 39.0 Å². The molecule has 1 atom stereocenters. The molecule has 1 unspecified atom stereocenters. The van der Waals surface area contributed by atoms with Crippen LogP contribution in [-0.4, -0.2) is 4.57 Å². The maximum atomic E-state index is 6.39. The lowest BCUT2D eigenvalue weighted by Crippen LogP contribution is -2.07. The van der Waals surface area contributed by atoms with Crippen LogP contribution in [0.5, 0.6) is 5.75 Å². The fraction of sp³-hybridized carbons (Fsp3) is 0.188. The van der Waals surface area contributed by atoms with Gasteiger partial charge in [-0.3, -0.25) is 0 Å². The summed E-state index contributed by atoms with van der Waals surface area (Å²) < 4.78 is 8.77. The van der Waals surface area contributed by atoms with Crippen molar-refractivity contribution in [2.45, 2.75) is 39.5 Å². The molecule has 3 aromatic rings. The molecule has 0 spiro atoms. The second kappa shape index (κ2) is 9.61. The van der Waals surface area contributed by atoms with Crippen molar-refractivity contribution in [1.29, 1.82) is 0 Å². The lowest BCUT2D eigenvalue weighted by atomic mass is 9.90. The topological polar surface area (TPSA) is 14.2 Å². The zero-order valence-corrected chi connectivity index (χ0v) is 20.2. The number of allylic oxidation sites excluding steroid dienone is 10. The number of fused-ring (bicyclic) bond motifs is 4. The lowest BCUT2D eigenvalue weighted by molar-refractivity contribution is 0.425. The molecule has 2 heterocycles. The van der Waals surface area contributed by atoms with Gasteiger partial charge >= 0.3 is 0 Å². The average Bonchev–Trinajstić information content (AvgIpc) is 3.38. The number of aromatic nitrogens is 1. The minimum atomic E-state index is 0.309. The maximum Gasteiger partial charge on any atom is 0.131 e. The highest BCUT2D eigenvalue weighted by atomic mass is 16.5. The van der Waals surface area contributed by atoms with Crippen LogP contribution in [0.25, 0.3) is 28.8 Å². The van der Waals surface area contributed by atoms with Crippen molar-refractivity contribution < 1.29 is 4.74 Å². The van der Waals surface area contributed by atoms with Gasteiger partial charge in [0.15, 0.2) is 0 Å². The molecule has 5 rings (SSSR count). The smallest absolute Gasteiger partial charge is 0.131 e. The van der Waals surface area contributed by atoms with Crippen LogP contribution in [0, 0.1) is 0 Å². The summed E-state index contributed by atoms with van der Waals surface area (Å²) in [5.41, 5.74) is 7.40. The van der Waals surface area contributed by atoms with Gasteiger partial charge in [-0.25, -0.2) is 0 Å². The second-order valence-electron chi connectivity index (χ2n) is 8.71. The highest BCUT2D eigenvalue weighted by molar-refractivity contribution is 5.97. The first-order chi connectivity index (χ1) is 16.7. The van der Waals surface area contributed by atoms with Crippen LogP contribution in [0.4, 0.5) is 0 Å². The molecule has 0 amide bonds. The van der Waals surface area contributed by atoms with E-state index in [9.17, 15) is 0 Å². The van der Waals surface area contributed by atoms with E-state index in [1.54, 1.807) is 0 Å². The third kappa shape index (κ3) is 3.90. The Morgan fingerprint density at radius 1 is 0.971 bits per heavy atom. The molecule has 2 aliphatic rings. The van der Waals surface area contributed by atoms with E-state index in [2.05, 4.69) is 109 Å². The Labute approximate surface area is 202 Å². The molecule has 2 heteroatoms. The molecule has 0 bridgehead atoms. The summed E-state index contributed by atoms with van der Waals surface area (Å²) in [5.74, 6) is 2.38. The van der Waals surface area contributed by atoms with Crippen molar-refractivity contribution in [3.05, 3.63) is 119 Å². The minimum absolute atomic E-state index is 0.309. The van der Waals surface area contributed by atoms with Crippen LogP contribution in [-0.2, 0) is 6.42 Å². The Kier molecular flexibility index (Phi) is 6.22. The van der Waals surface area contributed by atoms with E-state index < -0.39 is 0 Å². The molecule has 0 saturated carbocycles. The number of rotatable bonds is 6. The van der Waals surface area contributed by atoms with Gasteiger partial charge in [0.2, 0.25) is 0 Å². The summed E-state index contributed by atoms with van der Waals surface area (Å²) >= 11 is 0. The van der Waals surface area contributed by atoms with Gasteiger partial charge in [-0.1, -0.05) is 85.9 Å². The van der Waals surface area contributed by atoms with E-state index in [0.717, 1.165) is 24.4 Å². The van der Waals surface area contributed by atoms with Crippen molar-refractivity contribution in [3.8, 4) is 5.75 Å². The number of nitrogens with zero attached hydrogens (tertiary/aromatic N) is 1. The Bertz CT molecular complexity index is 1400. The normalized spacial score (nSPS) is 17.7. The molecule has 0 N–H and O–H groups in total. The van der Waals surface area contributed by atoms with Crippen LogP contribution in [0.1, 0.15) is 55.5 Å². The van der Waals surface area contributed by atoms with Crippen LogP contribution in [0.15, 0.2) is 96.8 Å². The van der Waals surface area contributed by atoms with Crippen molar-refractivity contribution in [2.24, 2.45) is 0 Å². The first kappa shape index (κ1) is 22.0. The van der Waals surface area contributed by atoms with Gasteiger partial charge in [-0.15, -0.1) is 0 Å². The van der Waals surface area contributed by atoms with E-state index in [4.69, 9.17) is 4.74 Å². The second-order valence-corrected chi connectivity index (χ2v) is 8.71. The van der Waals surface area contributed by atoms with Crippen molar-refractivity contribution >= 4 is 28.8 Å². The van der Waals surface area contributed by atoms with E-state index in [-0.39, 0.29) is 0 Å². The molecule has 170 valence electrons. The summed E-state index contributed by atoms with van der Waals surface area (Å²) in [6, 6.07) is 15.3. The first-order valence-corrected chi connectivity index (χ1v) is 12.2. The number of aryl methyl sites for hydroxylation is 1. The summed E-state index contributed by atoms with van der Waals surface area (Å²) in [6.45, 7) is 6.29. The van der Waals surface area contributed by atoms with E-state index >= 15 is 0 Å². The average molecular weight is 446 g/mol. The fourth-order valence-electron chi connectivity index (χ4n) is 4.95. The number of para-hydroxylation sites is 1. The number of hydrogen-bond donors (Lipinski definition) is 0. The van der Waals surface area contributed by atoms with Gasteiger partial charge in [0.05, 0.1) is 11.2 Å². The van der Waals surface area contributed by atoms with Crippen molar-refractivity contribution in [2.75, 3.05) is 0 Å². The quantitative estimate of drug-likeness (QED) is 0.346. The third-order valence-electron chi connectivity index (χ3n) is 6.61. The zero-order chi connectivity index (χ0) is 23.5. The zero-order valence-electron chi connectivity index (χ0n) is 20.2. The predicted molar refractivity (Wildman–Crippen MR) is 146 cm³/mol. The maximum absolute atomic E-state index is 6.39. The standard InChI is InChI=1S/C32H31NO/c1-4-7-8-9-10-15-29-25(13-5-2)26-14-11-12-16-30(26)33(29)24-18-20-28-27-19-17-23(6-3)21-31(27)34-32(28)22-24/h4-5,7-19,21-22,28H,6,20H2,1-3H3/b7-4-,9-8-,13-5+,15-10-. The van der Waals surface area contributed by atoms with Gasteiger partial charge in [0.1, 0.15) is 11.5 Å². The van der Waals surface area contributed by atoms with Crippen LogP contribution in [0.2, 0.25) is 0 Å². The lowest BCUT2D eigenvalue weighted by Gasteiger charge is -2.19. The number of benzene rings is 2. The molecular formula is C32H31NO. The summed E-state index contributed by atoms with van der Waals surface area (Å²) in [7, 11) is 0. The predicted octanol–water partition coefficient (Wildman–Crippen LogP) is 8.69. The highest BCUT2D eigenvalue weighted by Crippen LogP contribution is 2.47. The SMILES string of the molecule is C\C=C/C=C\C=C/c1c(/C=C/C)c2ccccc2n1C1=CCC2C(=C1)Oc1cc(CC)ccc12. The molecule has 2 nitrogen and oxygen atoms in total. The van der Waals surface area contributed by atoms with Gasteiger partial charge in [-0.05, 0) is 50.5 Å². The molecule has 0 radical (unpaired) electrons. The van der Waals surface area contributed by atoms with Crippen molar-refractivity contribution in [1.82, 2.24) is 4.57 Å². The highest BCUT2D eigenvalue weighted by Gasteiger charge is 2.32. The largest absolute Gasteiger partial charge is 0.461 e. The minimum Gasteiger partial charge on any atom is -0.461 e. The summed E-state index contributed by atoms with van der Waals surface area (Å²) in [6.07, 6.45) is 23.4. The molecule has 34 heavy (non-hydrogen) atoms. The third-order valence-corrected chi connectivity index (χ3v) is 6.61. The molecule has 1 aliphatic heterocycles. The Morgan fingerprint density at radius 3 is 2.65 bits per heavy atom. The molecule has 1 aliphatic carbocycles. The molecule has 2 aromatic carbocycles. The Balaban J connectivity index is 1.61. The summed E-state index contributed by atoms with van der Waals surface area (Å²) in [5, 5.41) is 1.25. The van der Waals surface area contributed by atoms with Crippen LogP contribution in [0.3, 0.4) is 0 Å². The van der Waals surface area contributed by atoms with Crippen LogP contribution >= 0.6 is 0 Å². The van der Waals surface area contributed by atoms with Gasteiger partial charge in [0, 0.05) is 34.2 Å². The molecule has 0 saturated heterocycles. The summed E-state index contributed by atoms with van der Waals surface area (Å²) in [4.78, 5) is 0. The Morgan fingerprint density at radius 2 is 1.82 bits per heavy atom. The van der Waals surface area contributed by atoms with E-state index in [0.29, 0.717) is 5.92 Å². The molecular weight excluding hydrogens is 414 g/mol. The van der Waals surface area contributed by atoms with E-state index in [1.807, 2.05) is 19.1 Å². The number of hydrogen-bond acceptors (Lipinski definition) is 1. The fourth-order valence-corrected chi connectivity index (χ4v) is 4.95. The Hall–Kier alpha value is -3.78. The monoisotopic (exact) mass is 445 g/mol. The van der Waals surface area contributed by atoms with Crippen molar-refractivity contribution in [3.63, 3.8) is 0 Å². The molecule has 0 fully saturated rings. The van der Waals surface area contributed by atoms with Crippen LogP contribution < -0.4 is 4.74 Å². The first-order valence-electron chi connectivity index (χ1n) is 12.2.